The van der Waals surface area contributed by atoms with Gasteiger partial charge in [0.1, 0.15) is 0 Å². The minimum Gasteiger partial charge on any atom is -0.481 e. The summed E-state index contributed by atoms with van der Waals surface area (Å²) in [7, 11) is 1.77. The first kappa shape index (κ1) is 14.0. The van der Waals surface area contributed by atoms with E-state index in [0.29, 0.717) is 19.5 Å². The van der Waals surface area contributed by atoms with Crippen LogP contribution in [-0.2, 0) is 9.59 Å². The second kappa shape index (κ2) is 6.59. The Morgan fingerprint density at radius 2 is 2.12 bits per heavy atom. The van der Waals surface area contributed by atoms with Gasteiger partial charge in [0.2, 0.25) is 5.91 Å². The number of carbonyl (C=O) groups is 2. The number of carboxylic acids is 1. The van der Waals surface area contributed by atoms with Gasteiger partial charge in [-0.3, -0.25) is 9.59 Å². The first-order chi connectivity index (χ1) is 8.04. The number of amides is 1. The summed E-state index contributed by atoms with van der Waals surface area (Å²) in [4.78, 5) is 24.1. The van der Waals surface area contributed by atoms with Gasteiger partial charge in [-0.05, 0) is 26.2 Å². The third-order valence-corrected chi connectivity index (χ3v) is 3.47. The highest BCUT2D eigenvalue weighted by Gasteiger charge is 2.26. The first-order valence-corrected chi connectivity index (χ1v) is 6.24. The van der Waals surface area contributed by atoms with Gasteiger partial charge < -0.3 is 15.3 Å². The fourth-order valence-electron chi connectivity index (χ4n) is 2.14. The Balaban J connectivity index is 2.32. The molecule has 2 N–H and O–H groups in total. The van der Waals surface area contributed by atoms with Crippen LogP contribution in [0.1, 0.15) is 32.6 Å². The van der Waals surface area contributed by atoms with Crippen LogP contribution >= 0.6 is 0 Å². The molecule has 5 nitrogen and oxygen atoms in total. The fraction of sp³-hybridized carbons (Fsp3) is 0.833. The van der Waals surface area contributed by atoms with E-state index < -0.39 is 5.97 Å². The van der Waals surface area contributed by atoms with Crippen LogP contribution in [0.4, 0.5) is 0 Å². The Kier molecular flexibility index (Phi) is 5.41. The maximum atomic E-state index is 11.6. The van der Waals surface area contributed by atoms with Crippen LogP contribution in [0.2, 0.25) is 0 Å². The lowest BCUT2D eigenvalue weighted by Crippen LogP contribution is -2.42. The van der Waals surface area contributed by atoms with Gasteiger partial charge in [-0.25, -0.2) is 0 Å². The number of rotatable bonds is 5. The van der Waals surface area contributed by atoms with Gasteiger partial charge in [-0.2, -0.15) is 0 Å². The van der Waals surface area contributed by atoms with E-state index in [-0.39, 0.29) is 17.9 Å². The van der Waals surface area contributed by atoms with Crippen molar-refractivity contribution >= 4 is 11.9 Å². The number of likely N-dealkylation sites (N-methyl/N-ethyl adjacent to an activating group) is 1. The molecule has 0 heterocycles. The summed E-state index contributed by atoms with van der Waals surface area (Å²) < 4.78 is 0. The summed E-state index contributed by atoms with van der Waals surface area (Å²) in [6, 6.07) is 0.166. The van der Waals surface area contributed by atoms with Crippen molar-refractivity contribution in [3.8, 4) is 0 Å². The van der Waals surface area contributed by atoms with E-state index in [2.05, 4.69) is 5.32 Å². The quantitative estimate of drug-likeness (QED) is 0.744. The van der Waals surface area contributed by atoms with Crippen molar-refractivity contribution in [2.75, 3.05) is 20.1 Å². The molecule has 1 amide bonds. The number of carbonyl (C=O) groups excluding carboxylic acids is 1. The van der Waals surface area contributed by atoms with Gasteiger partial charge in [-0.15, -0.1) is 0 Å². The molecule has 0 saturated heterocycles. The predicted molar refractivity (Wildman–Crippen MR) is 64.7 cm³/mol. The second-order valence-electron chi connectivity index (χ2n) is 4.69. The van der Waals surface area contributed by atoms with E-state index in [1.807, 2.05) is 6.92 Å². The molecule has 1 fully saturated rings. The van der Waals surface area contributed by atoms with Crippen LogP contribution in [-0.4, -0.2) is 48.1 Å². The molecule has 5 heteroatoms. The Morgan fingerprint density at radius 1 is 1.41 bits per heavy atom. The second-order valence-corrected chi connectivity index (χ2v) is 4.69. The zero-order chi connectivity index (χ0) is 12.8. The number of nitrogens with one attached hydrogen (secondary N) is 1. The summed E-state index contributed by atoms with van der Waals surface area (Å²) in [5.41, 5.74) is 0. The molecule has 0 bridgehead atoms. The Hall–Kier alpha value is -1.10. The van der Waals surface area contributed by atoms with Crippen LogP contribution in [0, 0.1) is 5.92 Å². The van der Waals surface area contributed by atoms with Crippen LogP contribution in [0.3, 0.4) is 0 Å². The van der Waals surface area contributed by atoms with Gasteiger partial charge in [-0.1, -0.05) is 6.42 Å². The SMILES string of the molecule is CCN(C)C(=O)CNC1CCCC(C(=O)O)C1. The zero-order valence-electron chi connectivity index (χ0n) is 10.6. The third kappa shape index (κ3) is 4.34. The van der Waals surface area contributed by atoms with Crippen LogP contribution in [0.25, 0.3) is 0 Å². The van der Waals surface area contributed by atoms with Crippen molar-refractivity contribution in [2.45, 2.75) is 38.6 Å². The van der Waals surface area contributed by atoms with Crippen molar-refractivity contribution in [1.29, 1.82) is 0 Å². The highest BCUT2D eigenvalue weighted by molar-refractivity contribution is 5.78. The average molecular weight is 242 g/mol. The Morgan fingerprint density at radius 3 is 2.71 bits per heavy atom. The molecule has 17 heavy (non-hydrogen) atoms. The molecule has 0 aliphatic heterocycles. The van der Waals surface area contributed by atoms with Crippen LogP contribution in [0.5, 0.6) is 0 Å². The summed E-state index contributed by atoms with van der Waals surface area (Å²) in [6.45, 7) is 2.93. The molecule has 0 aromatic rings. The molecule has 1 rings (SSSR count). The molecule has 2 atom stereocenters. The predicted octanol–water partition coefficient (Wildman–Crippen LogP) is 0.698. The summed E-state index contributed by atoms with van der Waals surface area (Å²) in [6.07, 6.45) is 3.29. The number of hydrogen-bond acceptors (Lipinski definition) is 3. The minimum atomic E-state index is -0.714. The molecule has 0 aromatic carbocycles. The number of carboxylic acid groups (broad SMARTS) is 1. The smallest absolute Gasteiger partial charge is 0.306 e. The van der Waals surface area contributed by atoms with Crippen molar-refractivity contribution in [3.05, 3.63) is 0 Å². The fourth-order valence-corrected chi connectivity index (χ4v) is 2.14. The standard InChI is InChI=1S/C12H22N2O3/c1-3-14(2)11(15)8-13-10-6-4-5-9(7-10)12(16)17/h9-10,13H,3-8H2,1-2H3,(H,16,17). The van der Waals surface area contributed by atoms with Gasteiger partial charge in [0.05, 0.1) is 12.5 Å². The van der Waals surface area contributed by atoms with Gasteiger partial charge in [0.25, 0.3) is 0 Å². The monoisotopic (exact) mass is 242 g/mol. The molecule has 98 valence electrons. The van der Waals surface area contributed by atoms with Crippen molar-refractivity contribution < 1.29 is 14.7 Å². The topological polar surface area (TPSA) is 69.6 Å². The molecule has 0 spiro atoms. The number of aliphatic carboxylic acids is 1. The van der Waals surface area contributed by atoms with E-state index in [1.54, 1.807) is 11.9 Å². The van der Waals surface area contributed by atoms with Crippen molar-refractivity contribution in [1.82, 2.24) is 10.2 Å². The molecule has 0 radical (unpaired) electrons. The van der Waals surface area contributed by atoms with Gasteiger partial charge >= 0.3 is 5.97 Å². The van der Waals surface area contributed by atoms with E-state index in [0.717, 1.165) is 19.3 Å². The van der Waals surface area contributed by atoms with Gasteiger partial charge in [0, 0.05) is 19.6 Å². The van der Waals surface area contributed by atoms with Gasteiger partial charge in [0.15, 0.2) is 0 Å². The lowest BCUT2D eigenvalue weighted by Gasteiger charge is -2.27. The summed E-state index contributed by atoms with van der Waals surface area (Å²) in [5.74, 6) is -0.904. The number of nitrogens with zero attached hydrogens (tertiary/aromatic N) is 1. The van der Waals surface area contributed by atoms with E-state index in [9.17, 15) is 9.59 Å². The van der Waals surface area contributed by atoms with Crippen molar-refractivity contribution in [3.63, 3.8) is 0 Å². The van der Waals surface area contributed by atoms with E-state index in [4.69, 9.17) is 5.11 Å². The van der Waals surface area contributed by atoms with E-state index in [1.165, 1.54) is 0 Å². The molecule has 2 unspecified atom stereocenters. The number of hydrogen-bond donors (Lipinski definition) is 2. The maximum Gasteiger partial charge on any atom is 0.306 e. The third-order valence-electron chi connectivity index (χ3n) is 3.47. The highest BCUT2D eigenvalue weighted by atomic mass is 16.4. The molecular weight excluding hydrogens is 220 g/mol. The average Bonchev–Trinajstić information content (AvgIpc) is 2.35. The molecule has 1 aliphatic carbocycles. The lowest BCUT2D eigenvalue weighted by molar-refractivity contribution is -0.143. The van der Waals surface area contributed by atoms with Crippen LogP contribution in [0.15, 0.2) is 0 Å². The molecule has 1 aliphatic rings. The summed E-state index contributed by atoms with van der Waals surface area (Å²) in [5, 5.41) is 12.1. The van der Waals surface area contributed by atoms with E-state index >= 15 is 0 Å². The zero-order valence-corrected chi connectivity index (χ0v) is 10.6. The first-order valence-electron chi connectivity index (χ1n) is 6.24. The Labute approximate surface area is 102 Å². The summed E-state index contributed by atoms with van der Waals surface area (Å²) >= 11 is 0. The molecular formula is C12H22N2O3. The van der Waals surface area contributed by atoms with Crippen LogP contribution < -0.4 is 5.32 Å². The molecule has 0 aromatic heterocycles. The van der Waals surface area contributed by atoms with Crippen molar-refractivity contribution in [2.24, 2.45) is 5.92 Å². The Bertz CT molecular complexity index is 281. The normalized spacial score (nSPS) is 24.4. The largest absolute Gasteiger partial charge is 0.481 e. The maximum absolute atomic E-state index is 11.6. The lowest BCUT2D eigenvalue weighted by atomic mass is 9.86. The highest BCUT2D eigenvalue weighted by Crippen LogP contribution is 2.24. The minimum absolute atomic E-state index is 0.0601. The molecule has 1 saturated carbocycles.